The summed E-state index contributed by atoms with van der Waals surface area (Å²) in [5.41, 5.74) is 1.84. The van der Waals surface area contributed by atoms with E-state index in [2.05, 4.69) is 52.3 Å². The molecule has 5 nitrogen and oxygen atoms in total. The van der Waals surface area contributed by atoms with Crippen LogP contribution in [0.15, 0.2) is 52.1 Å². The summed E-state index contributed by atoms with van der Waals surface area (Å²) in [5, 5.41) is 7.89. The van der Waals surface area contributed by atoms with Gasteiger partial charge in [-0.05, 0) is 23.8 Å². The molecule has 0 saturated heterocycles. The van der Waals surface area contributed by atoms with Crippen LogP contribution in [0.25, 0.3) is 0 Å². The molecule has 0 bridgehead atoms. The van der Waals surface area contributed by atoms with Gasteiger partial charge in [0.2, 0.25) is 5.96 Å². The number of halogens is 3. The predicted octanol–water partition coefficient (Wildman–Crippen LogP) is 3.01. The molecule has 2 aromatic rings. The zero-order valence-electron chi connectivity index (χ0n) is 10.7. The van der Waals surface area contributed by atoms with Crippen molar-refractivity contribution in [2.75, 3.05) is 5.33 Å². The van der Waals surface area contributed by atoms with Gasteiger partial charge in [-0.1, -0.05) is 37.9 Å². The topological polar surface area (TPSA) is 55.1 Å². The summed E-state index contributed by atoms with van der Waals surface area (Å²) >= 11 is 6.82. The fourth-order valence-electron chi connectivity index (χ4n) is 1.99. The standard InChI is InChI=1S/C13H10Br2FN5/c14-5-9-4-12(10-2-1-8(16)3-11(10)15)20-13(19-9)21-7-17-6-18-21/h1-4,6-7,12H,5H2,(H,19,20). The molecule has 0 radical (unpaired) electrons. The largest absolute Gasteiger partial charge is 0.327 e. The number of rotatable bonds is 2. The Morgan fingerprint density at radius 2 is 2.24 bits per heavy atom. The van der Waals surface area contributed by atoms with Crippen molar-refractivity contribution in [2.45, 2.75) is 6.04 Å². The number of benzene rings is 1. The summed E-state index contributed by atoms with van der Waals surface area (Å²) in [5.74, 6) is 0.287. The van der Waals surface area contributed by atoms with Crippen LogP contribution >= 0.6 is 31.9 Å². The Kier molecular flexibility index (Phi) is 4.16. The maximum Gasteiger partial charge on any atom is 0.225 e. The normalized spacial score (nSPS) is 18.0. The average Bonchev–Trinajstić information content (AvgIpc) is 3.01. The van der Waals surface area contributed by atoms with Gasteiger partial charge in [0.15, 0.2) is 0 Å². The van der Waals surface area contributed by atoms with Crippen LogP contribution in [0.4, 0.5) is 4.39 Å². The molecule has 1 N–H and O–H groups in total. The Morgan fingerprint density at radius 3 is 2.90 bits per heavy atom. The molecule has 1 atom stereocenters. The Bertz CT molecular complexity index is 711. The van der Waals surface area contributed by atoms with Crippen LogP contribution in [0.3, 0.4) is 0 Å². The van der Waals surface area contributed by atoms with Crippen molar-refractivity contribution < 1.29 is 4.39 Å². The minimum atomic E-state index is -0.287. The first-order chi connectivity index (χ1) is 10.2. The number of alkyl halides is 1. The molecule has 8 heteroatoms. The highest BCUT2D eigenvalue weighted by Crippen LogP contribution is 2.30. The lowest BCUT2D eigenvalue weighted by atomic mass is 10.1. The highest BCUT2D eigenvalue weighted by Gasteiger charge is 2.20. The van der Waals surface area contributed by atoms with Crippen LogP contribution in [-0.4, -0.2) is 26.1 Å². The molecule has 1 aromatic carbocycles. The summed E-state index contributed by atoms with van der Waals surface area (Å²) in [7, 11) is 0. The molecule has 0 saturated carbocycles. The first-order valence-electron chi connectivity index (χ1n) is 6.09. The van der Waals surface area contributed by atoms with E-state index >= 15 is 0 Å². The second-order valence-electron chi connectivity index (χ2n) is 4.35. The maximum absolute atomic E-state index is 13.2. The van der Waals surface area contributed by atoms with Gasteiger partial charge >= 0.3 is 0 Å². The first-order valence-corrected chi connectivity index (χ1v) is 8.00. The van der Waals surface area contributed by atoms with Crippen molar-refractivity contribution in [1.29, 1.82) is 0 Å². The molecule has 1 unspecified atom stereocenters. The van der Waals surface area contributed by atoms with Crippen LogP contribution in [0.5, 0.6) is 0 Å². The van der Waals surface area contributed by atoms with Gasteiger partial charge in [-0.3, -0.25) is 0 Å². The Morgan fingerprint density at radius 1 is 1.38 bits per heavy atom. The van der Waals surface area contributed by atoms with E-state index < -0.39 is 0 Å². The van der Waals surface area contributed by atoms with Crippen molar-refractivity contribution in [1.82, 2.24) is 20.1 Å². The molecule has 108 valence electrons. The number of nitrogens with one attached hydrogen (secondary N) is 1. The molecule has 0 fully saturated rings. The number of aliphatic imine (C=N–C) groups is 1. The Balaban J connectivity index is 2.02. The number of hydrogen-bond donors (Lipinski definition) is 1. The molecular weight excluding hydrogens is 405 g/mol. The minimum Gasteiger partial charge on any atom is -0.327 e. The van der Waals surface area contributed by atoms with Crippen LogP contribution in [0.2, 0.25) is 0 Å². The van der Waals surface area contributed by atoms with E-state index in [4.69, 9.17) is 0 Å². The Hall–Kier alpha value is -1.54. The summed E-state index contributed by atoms with van der Waals surface area (Å²) < 4.78 is 15.5. The molecule has 1 aliphatic rings. The SMILES string of the molecule is Fc1ccc(C2C=C(CBr)NC(n3cncn3)=N2)c(Br)c1. The molecule has 0 aliphatic carbocycles. The molecule has 0 spiro atoms. The molecule has 3 rings (SSSR count). The molecule has 0 amide bonds. The van der Waals surface area contributed by atoms with Crippen LogP contribution < -0.4 is 5.32 Å². The lowest BCUT2D eigenvalue weighted by molar-refractivity contribution is 0.625. The van der Waals surface area contributed by atoms with Crippen LogP contribution in [0, 0.1) is 5.82 Å². The van der Waals surface area contributed by atoms with E-state index in [0.717, 1.165) is 11.3 Å². The monoisotopic (exact) mass is 413 g/mol. The lowest BCUT2D eigenvalue weighted by Gasteiger charge is -2.21. The van der Waals surface area contributed by atoms with Gasteiger partial charge in [-0.25, -0.2) is 14.4 Å². The quantitative estimate of drug-likeness (QED) is 0.768. The second kappa shape index (κ2) is 6.07. The highest BCUT2D eigenvalue weighted by molar-refractivity contribution is 9.10. The smallest absolute Gasteiger partial charge is 0.225 e. The van der Waals surface area contributed by atoms with Gasteiger partial charge in [0, 0.05) is 15.5 Å². The van der Waals surface area contributed by atoms with E-state index in [1.54, 1.807) is 17.1 Å². The van der Waals surface area contributed by atoms with Gasteiger partial charge in [-0.15, -0.1) is 0 Å². The van der Waals surface area contributed by atoms with E-state index in [-0.39, 0.29) is 11.9 Å². The van der Waals surface area contributed by atoms with Crippen LogP contribution in [0.1, 0.15) is 11.6 Å². The van der Waals surface area contributed by atoms with Crippen molar-refractivity contribution in [3.63, 3.8) is 0 Å². The third kappa shape index (κ3) is 3.06. The van der Waals surface area contributed by atoms with Gasteiger partial charge in [0.25, 0.3) is 0 Å². The zero-order chi connectivity index (χ0) is 14.8. The minimum absolute atomic E-state index is 0.229. The molecule has 1 aliphatic heterocycles. The predicted molar refractivity (Wildman–Crippen MR) is 84.7 cm³/mol. The molecule has 21 heavy (non-hydrogen) atoms. The average molecular weight is 415 g/mol. The van der Waals surface area contributed by atoms with E-state index in [0.29, 0.717) is 15.8 Å². The number of hydrogen-bond acceptors (Lipinski definition) is 4. The van der Waals surface area contributed by atoms with Gasteiger partial charge in [-0.2, -0.15) is 9.78 Å². The summed E-state index contributed by atoms with van der Waals surface area (Å²) in [6.07, 6.45) is 4.99. The van der Waals surface area contributed by atoms with Gasteiger partial charge in [0.05, 0.1) is 0 Å². The molecule has 2 heterocycles. The van der Waals surface area contributed by atoms with Crippen molar-refractivity contribution in [3.05, 3.63) is 58.5 Å². The maximum atomic E-state index is 13.2. The summed E-state index contributed by atoms with van der Waals surface area (Å²) in [4.78, 5) is 8.52. The number of allylic oxidation sites excluding steroid dienone is 1. The summed E-state index contributed by atoms with van der Waals surface area (Å²) in [6.45, 7) is 0. The Labute approximate surface area is 137 Å². The molecule has 1 aromatic heterocycles. The highest BCUT2D eigenvalue weighted by atomic mass is 79.9. The van der Waals surface area contributed by atoms with E-state index in [9.17, 15) is 4.39 Å². The third-order valence-electron chi connectivity index (χ3n) is 2.95. The lowest BCUT2D eigenvalue weighted by Crippen LogP contribution is -2.34. The number of nitrogens with zero attached hydrogens (tertiary/aromatic N) is 4. The van der Waals surface area contributed by atoms with Gasteiger partial charge < -0.3 is 5.32 Å². The third-order valence-corrected chi connectivity index (χ3v) is 4.24. The van der Waals surface area contributed by atoms with Crippen molar-refractivity contribution >= 4 is 37.8 Å². The van der Waals surface area contributed by atoms with Crippen LogP contribution in [-0.2, 0) is 0 Å². The van der Waals surface area contributed by atoms with E-state index in [1.165, 1.54) is 18.5 Å². The summed E-state index contributed by atoms with van der Waals surface area (Å²) in [6, 6.07) is 4.35. The van der Waals surface area contributed by atoms with E-state index in [1.807, 2.05) is 6.08 Å². The van der Waals surface area contributed by atoms with Crippen molar-refractivity contribution in [3.8, 4) is 0 Å². The number of aromatic nitrogens is 3. The second-order valence-corrected chi connectivity index (χ2v) is 5.77. The van der Waals surface area contributed by atoms with Gasteiger partial charge in [0.1, 0.15) is 24.5 Å². The fourth-order valence-corrected chi connectivity index (χ4v) is 2.90. The first kappa shape index (κ1) is 14.4. The fraction of sp³-hybridized carbons (Fsp3) is 0.154. The van der Waals surface area contributed by atoms with Crippen molar-refractivity contribution in [2.24, 2.45) is 4.99 Å². The molecular formula is C13H10Br2FN5. The zero-order valence-corrected chi connectivity index (χ0v) is 13.8.